The molecular formula is C18H17BrO3. The molecule has 0 atom stereocenters. The Balaban J connectivity index is 2.17. The van der Waals surface area contributed by atoms with Crippen molar-refractivity contribution in [3.63, 3.8) is 0 Å². The minimum absolute atomic E-state index is 0.0405. The highest BCUT2D eigenvalue weighted by Gasteiger charge is 2.05. The summed E-state index contributed by atoms with van der Waals surface area (Å²) in [4.78, 5) is 12.1. The lowest BCUT2D eigenvalue weighted by molar-refractivity contribution is 0.104. The van der Waals surface area contributed by atoms with Crippen LogP contribution in [0.25, 0.3) is 6.08 Å². The lowest BCUT2D eigenvalue weighted by Crippen LogP contribution is -1.96. The van der Waals surface area contributed by atoms with Gasteiger partial charge < -0.3 is 9.47 Å². The summed E-state index contributed by atoms with van der Waals surface area (Å²) in [5.41, 5.74) is 1.53. The van der Waals surface area contributed by atoms with Gasteiger partial charge in [0, 0.05) is 10.0 Å². The zero-order valence-electron chi connectivity index (χ0n) is 12.5. The van der Waals surface area contributed by atoms with E-state index in [0.29, 0.717) is 23.7 Å². The van der Waals surface area contributed by atoms with E-state index in [2.05, 4.69) is 15.9 Å². The average molecular weight is 361 g/mol. The molecule has 2 rings (SSSR count). The fraction of sp³-hybridized carbons (Fsp3) is 0.167. The second kappa shape index (κ2) is 7.80. The quantitative estimate of drug-likeness (QED) is 0.550. The Morgan fingerprint density at radius 1 is 1.14 bits per heavy atom. The van der Waals surface area contributed by atoms with Crippen molar-refractivity contribution >= 4 is 27.8 Å². The molecule has 0 fully saturated rings. The second-order valence-electron chi connectivity index (χ2n) is 4.55. The van der Waals surface area contributed by atoms with Crippen LogP contribution in [0.2, 0.25) is 0 Å². The zero-order chi connectivity index (χ0) is 15.9. The first-order valence-electron chi connectivity index (χ1n) is 6.93. The number of allylic oxidation sites excluding steroid dienone is 1. The summed E-state index contributed by atoms with van der Waals surface area (Å²) in [6.45, 7) is 2.47. The summed E-state index contributed by atoms with van der Waals surface area (Å²) in [5.74, 6) is 1.31. The number of rotatable bonds is 6. The summed E-state index contributed by atoms with van der Waals surface area (Å²) in [6.07, 6.45) is 3.33. The molecule has 0 unspecified atom stereocenters. The number of ether oxygens (including phenoxy) is 2. The molecule has 0 aromatic heterocycles. The summed E-state index contributed by atoms with van der Waals surface area (Å²) in [6, 6.07) is 12.8. The van der Waals surface area contributed by atoms with E-state index >= 15 is 0 Å². The van der Waals surface area contributed by atoms with Crippen LogP contribution in [0.5, 0.6) is 11.5 Å². The van der Waals surface area contributed by atoms with Crippen LogP contribution in [-0.4, -0.2) is 19.5 Å². The molecule has 0 spiro atoms. The fourth-order valence-electron chi connectivity index (χ4n) is 1.95. The molecule has 0 aliphatic rings. The number of benzene rings is 2. The smallest absolute Gasteiger partial charge is 0.185 e. The van der Waals surface area contributed by atoms with Gasteiger partial charge in [-0.05, 0) is 55.0 Å². The van der Waals surface area contributed by atoms with Crippen molar-refractivity contribution in [2.24, 2.45) is 0 Å². The summed E-state index contributed by atoms with van der Waals surface area (Å²) in [5, 5.41) is 0. The molecule has 22 heavy (non-hydrogen) atoms. The van der Waals surface area contributed by atoms with Gasteiger partial charge in [-0.25, -0.2) is 0 Å². The monoisotopic (exact) mass is 360 g/mol. The molecular weight excluding hydrogens is 344 g/mol. The van der Waals surface area contributed by atoms with Gasteiger partial charge in [-0.1, -0.05) is 28.1 Å². The number of halogens is 1. The number of ketones is 1. The van der Waals surface area contributed by atoms with E-state index in [1.165, 1.54) is 0 Å². The van der Waals surface area contributed by atoms with Crippen LogP contribution in [0.3, 0.4) is 0 Å². The SMILES string of the molecule is CCOc1cc(/C=C/C(=O)c2ccc(Br)cc2)ccc1OC. The highest BCUT2D eigenvalue weighted by molar-refractivity contribution is 9.10. The highest BCUT2D eigenvalue weighted by atomic mass is 79.9. The minimum Gasteiger partial charge on any atom is -0.493 e. The van der Waals surface area contributed by atoms with Crippen LogP contribution in [0.1, 0.15) is 22.8 Å². The van der Waals surface area contributed by atoms with Crippen molar-refractivity contribution in [3.8, 4) is 11.5 Å². The van der Waals surface area contributed by atoms with Gasteiger partial charge in [0.1, 0.15) is 0 Å². The van der Waals surface area contributed by atoms with Gasteiger partial charge in [0.25, 0.3) is 0 Å². The van der Waals surface area contributed by atoms with Gasteiger partial charge >= 0.3 is 0 Å². The lowest BCUT2D eigenvalue weighted by Gasteiger charge is -2.09. The van der Waals surface area contributed by atoms with Gasteiger partial charge in [0.15, 0.2) is 17.3 Å². The van der Waals surface area contributed by atoms with E-state index in [4.69, 9.17) is 9.47 Å². The number of carbonyl (C=O) groups excluding carboxylic acids is 1. The predicted octanol–water partition coefficient (Wildman–Crippen LogP) is 4.75. The van der Waals surface area contributed by atoms with Crippen molar-refractivity contribution in [2.75, 3.05) is 13.7 Å². The van der Waals surface area contributed by atoms with E-state index in [1.54, 1.807) is 31.4 Å². The molecule has 0 bridgehead atoms. The van der Waals surface area contributed by atoms with E-state index < -0.39 is 0 Å². The second-order valence-corrected chi connectivity index (χ2v) is 5.46. The third-order valence-corrected chi connectivity index (χ3v) is 3.57. The number of carbonyl (C=O) groups is 1. The Bertz CT molecular complexity index is 675. The first kappa shape index (κ1) is 16.3. The number of hydrogen-bond donors (Lipinski definition) is 0. The van der Waals surface area contributed by atoms with Gasteiger partial charge in [0.05, 0.1) is 13.7 Å². The van der Waals surface area contributed by atoms with E-state index in [0.717, 1.165) is 10.0 Å². The Morgan fingerprint density at radius 3 is 2.50 bits per heavy atom. The standard InChI is InChI=1S/C18H17BrO3/c1-3-22-18-12-13(5-11-17(18)21-2)4-10-16(20)14-6-8-15(19)9-7-14/h4-12H,3H2,1-2H3/b10-4+. The van der Waals surface area contributed by atoms with Crippen molar-refractivity contribution < 1.29 is 14.3 Å². The highest BCUT2D eigenvalue weighted by Crippen LogP contribution is 2.28. The zero-order valence-corrected chi connectivity index (χ0v) is 14.1. The van der Waals surface area contributed by atoms with Crippen molar-refractivity contribution in [2.45, 2.75) is 6.92 Å². The van der Waals surface area contributed by atoms with Crippen molar-refractivity contribution in [3.05, 3.63) is 64.1 Å². The number of hydrogen-bond acceptors (Lipinski definition) is 3. The molecule has 0 saturated carbocycles. The molecule has 0 saturated heterocycles. The van der Waals surface area contributed by atoms with Crippen LogP contribution in [0.15, 0.2) is 53.0 Å². The fourth-order valence-corrected chi connectivity index (χ4v) is 2.21. The topological polar surface area (TPSA) is 35.5 Å². The van der Waals surface area contributed by atoms with Crippen LogP contribution < -0.4 is 9.47 Å². The maximum Gasteiger partial charge on any atom is 0.185 e. The third kappa shape index (κ3) is 4.21. The number of methoxy groups -OCH3 is 1. The molecule has 0 aliphatic carbocycles. The third-order valence-electron chi connectivity index (χ3n) is 3.04. The average Bonchev–Trinajstić information content (AvgIpc) is 2.54. The summed E-state index contributed by atoms with van der Waals surface area (Å²) in [7, 11) is 1.60. The molecule has 0 radical (unpaired) electrons. The van der Waals surface area contributed by atoms with Gasteiger partial charge in [0.2, 0.25) is 0 Å². The Morgan fingerprint density at radius 2 is 1.86 bits per heavy atom. The molecule has 0 aliphatic heterocycles. The summed E-state index contributed by atoms with van der Waals surface area (Å²) < 4.78 is 11.7. The Hall–Kier alpha value is -2.07. The van der Waals surface area contributed by atoms with Crippen LogP contribution >= 0.6 is 15.9 Å². The first-order chi connectivity index (χ1) is 10.6. The van der Waals surface area contributed by atoms with Crippen molar-refractivity contribution in [1.82, 2.24) is 0 Å². The molecule has 3 nitrogen and oxygen atoms in total. The van der Waals surface area contributed by atoms with Crippen LogP contribution in [0.4, 0.5) is 0 Å². The Labute approximate surface area is 138 Å². The normalized spacial score (nSPS) is 10.7. The van der Waals surface area contributed by atoms with Crippen LogP contribution in [0, 0.1) is 0 Å². The Kier molecular flexibility index (Phi) is 5.78. The van der Waals surface area contributed by atoms with Gasteiger partial charge in [-0.3, -0.25) is 4.79 Å². The predicted molar refractivity (Wildman–Crippen MR) is 91.7 cm³/mol. The molecule has 2 aromatic rings. The van der Waals surface area contributed by atoms with Gasteiger partial charge in [-0.15, -0.1) is 0 Å². The van der Waals surface area contributed by atoms with E-state index in [1.807, 2.05) is 37.3 Å². The summed E-state index contributed by atoms with van der Waals surface area (Å²) >= 11 is 3.35. The van der Waals surface area contributed by atoms with E-state index in [-0.39, 0.29) is 5.78 Å². The molecule has 0 N–H and O–H groups in total. The van der Waals surface area contributed by atoms with Crippen LogP contribution in [-0.2, 0) is 0 Å². The maximum atomic E-state index is 12.1. The van der Waals surface area contributed by atoms with Crippen molar-refractivity contribution in [1.29, 1.82) is 0 Å². The van der Waals surface area contributed by atoms with Gasteiger partial charge in [-0.2, -0.15) is 0 Å². The molecule has 0 amide bonds. The minimum atomic E-state index is -0.0405. The lowest BCUT2D eigenvalue weighted by atomic mass is 10.1. The van der Waals surface area contributed by atoms with E-state index in [9.17, 15) is 4.79 Å². The maximum absolute atomic E-state index is 12.1. The first-order valence-corrected chi connectivity index (χ1v) is 7.72. The largest absolute Gasteiger partial charge is 0.493 e. The molecule has 4 heteroatoms. The molecule has 2 aromatic carbocycles. The molecule has 0 heterocycles. The molecule has 114 valence electrons.